The highest BCUT2D eigenvalue weighted by Crippen LogP contribution is 2.36. The van der Waals surface area contributed by atoms with Crippen molar-refractivity contribution in [2.24, 2.45) is 4.99 Å². The van der Waals surface area contributed by atoms with Gasteiger partial charge in [-0.05, 0) is 66.9 Å². The van der Waals surface area contributed by atoms with Crippen LogP contribution in [0.2, 0.25) is 0 Å². The van der Waals surface area contributed by atoms with Gasteiger partial charge in [0, 0.05) is 18.1 Å². The molecule has 38 heavy (non-hydrogen) atoms. The van der Waals surface area contributed by atoms with E-state index in [0.29, 0.717) is 43.4 Å². The van der Waals surface area contributed by atoms with Crippen molar-refractivity contribution in [3.8, 4) is 11.5 Å². The van der Waals surface area contributed by atoms with Crippen molar-refractivity contribution in [2.75, 3.05) is 19.5 Å². The number of anilines is 1. The van der Waals surface area contributed by atoms with Crippen LogP contribution < -0.4 is 29.7 Å². The molecule has 5 rings (SSSR count). The number of allylic oxidation sites excluding steroid dienone is 1. The third kappa shape index (κ3) is 4.64. The third-order valence-electron chi connectivity index (χ3n) is 6.39. The van der Waals surface area contributed by atoms with Crippen LogP contribution in [-0.2, 0) is 4.79 Å². The number of pyridine rings is 1. The van der Waals surface area contributed by atoms with Crippen molar-refractivity contribution in [1.29, 1.82) is 0 Å². The van der Waals surface area contributed by atoms with Gasteiger partial charge in [-0.2, -0.15) is 0 Å². The van der Waals surface area contributed by atoms with E-state index in [4.69, 9.17) is 14.5 Å². The molecule has 4 aromatic rings. The second-order valence-electron chi connectivity index (χ2n) is 8.75. The Hall–Kier alpha value is -4.50. The van der Waals surface area contributed by atoms with E-state index in [0.717, 1.165) is 11.1 Å². The van der Waals surface area contributed by atoms with E-state index in [-0.39, 0.29) is 11.5 Å². The summed E-state index contributed by atoms with van der Waals surface area (Å²) in [5, 5.41) is 3.02. The molecule has 0 unspecified atom stereocenters. The zero-order chi connectivity index (χ0) is 26.8. The fourth-order valence-corrected chi connectivity index (χ4v) is 5.51. The molecule has 3 heterocycles. The maximum atomic E-state index is 13.8. The summed E-state index contributed by atoms with van der Waals surface area (Å²) in [6.07, 6.45) is 5.16. The Morgan fingerprint density at radius 3 is 2.47 bits per heavy atom. The van der Waals surface area contributed by atoms with E-state index in [1.165, 1.54) is 11.3 Å². The van der Waals surface area contributed by atoms with Crippen molar-refractivity contribution >= 4 is 29.0 Å². The molecule has 0 spiro atoms. The maximum Gasteiger partial charge on any atom is 0.271 e. The molecule has 1 aliphatic rings. The lowest BCUT2D eigenvalue weighted by atomic mass is 9.94. The minimum atomic E-state index is -0.727. The van der Waals surface area contributed by atoms with Gasteiger partial charge < -0.3 is 14.8 Å². The number of hydrogen-bond donors (Lipinski definition) is 1. The van der Waals surface area contributed by atoms with Crippen molar-refractivity contribution in [2.45, 2.75) is 19.9 Å². The Balaban J connectivity index is 1.71. The summed E-state index contributed by atoms with van der Waals surface area (Å²) >= 11 is 1.28. The molecule has 0 radical (unpaired) electrons. The highest BCUT2D eigenvalue weighted by molar-refractivity contribution is 7.07. The predicted molar refractivity (Wildman–Crippen MR) is 147 cm³/mol. The van der Waals surface area contributed by atoms with Gasteiger partial charge >= 0.3 is 0 Å². The van der Waals surface area contributed by atoms with Crippen LogP contribution in [0.15, 0.2) is 88.0 Å². The first-order chi connectivity index (χ1) is 18.4. The fraction of sp³-hybridized carbons (Fsp3) is 0.172. The summed E-state index contributed by atoms with van der Waals surface area (Å²) < 4.78 is 13.1. The summed E-state index contributed by atoms with van der Waals surface area (Å²) in [5.41, 5.74) is 3.84. The van der Waals surface area contributed by atoms with Crippen LogP contribution in [0, 0.1) is 6.92 Å². The standard InChI is InChI=1S/C29H26N4O4S/c1-17-7-5-6-8-21(17)32-27(34)25-18(2)31-29-33(26(25)20-9-10-22(36-3)23(16-20)37-4)28(35)24(38-29)15-19-11-13-30-14-12-19/h5-16,26H,1-4H3,(H,32,34)/b24-15-/t26-/m0/s1. The van der Waals surface area contributed by atoms with E-state index in [1.807, 2.05) is 55.5 Å². The molecule has 0 saturated carbocycles. The van der Waals surface area contributed by atoms with Crippen molar-refractivity contribution in [1.82, 2.24) is 9.55 Å². The van der Waals surface area contributed by atoms with Crippen LogP contribution in [0.4, 0.5) is 5.69 Å². The Labute approximate surface area is 223 Å². The summed E-state index contributed by atoms with van der Waals surface area (Å²) in [6, 6.07) is 15.9. The number of rotatable bonds is 6. The summed E-state index contributed by atoms with van der Waals surface area (Å²) in [4.78, 5) is 36.9. The Kier molecular flexibility index (Phi) is 6.93. The van der Waals surface area contributed by atoms with Crippen LogP contribution >= 0.6 is 11.3 Å². The van der Waals surface area contributed by atoms with Gasteiger partial charge in [-0.3, -0.25) is 19.1 Å². The first-order valence-corrected chi connectivity index (χ1v) is 12.7. The Morgan fingerprint density at radius 2 is 1.76 bits per heavy atom. The summed E-state index contributed by atoms with van der Waals surface area (Å²) in [7, 11) is 3.11. The van der Waals surface area contributed by atoms with Gasteiger partial charge in [0.15, 0.2) is 16.3 Å². The van der Waals surface area contributed by atoms with E-state index in [1.54, 1.807) is 50.2 Å². The number of carbonyl (C=O) groups excluding carboxylic acids is 1. The number of thiazole rings is 1. The van der Waals surface area contributed by atoms with Crippen molar-refractivity contribution in [3.63, 3.8) is 0 Å². The maximum absolute atomic E-state index is 13.8. The van der Waals surface area contributed by atoms with Gasteiger partial charge in [-0.1, -0.05) is 35.6 Å². The third-order valence-corrected chi connectivity index (χ3v) is 7.37. The first-order valence-electron chi connectivity index (χ1n) is 11.9. The minimum absolute atomic E-state index is 0.237. The van der Waals surface area contributed by atoms with Gasteiger partial charge in [0.2, 0.25) is 0 Å². The van der Waals surface area contributed by atoms with E-state index < -0.39 is 6.04 Å². The average molecular weight is 527 g/mol. The van der Waals surface area contributed by atoms with Gasteiger partial charge in [0.25, 0.3) is 11.5 Å². The molecule has 1 aliphatic heterocycles. The molecule has 8 nitrogen and oxygen atoms in total. The van der Waals surface area contributed by atoms with Crippen LogP contribution in [0.1, 0.15) is 29.7 Å². The number of amides is 1. The number of hydrogen-bond acceptors (Lipinski definition) is 7. The number of aryl methyl sites for hydroxylation is 1. The molecule has 1 atom stereocenters. The van der Waals surface area contributed by atoms with Gasteiger partial charge in [-0.25, -0.2) is 4.99 Å². The SMILES string of the molecule is COc1ccc([C@H]2C(C(=O)Nc3ccccc3C)=C(C)N=c3s/c(=C\c4ccncc4)c(=O)n32)cc1OC. The highest BCUT2D eigenvalue weighted by atomic mass is 32.1. The second kappa shape index (κ2) is 10.5. The average Bonchev–Trinajstić information content (AvgIpc) is 3.23. The topological polar surface area (TPSA) is 94.8 Å². The van der Waals surface area contributed by atoms with E-state index in [9.17, 15) is 9.59 Å². The van der Waals surface area contributed by atoms with Crippen LogP contribution in [0.25, 0.3) is 6.08 Å². The predicted octanol–water partition coefficient (Wildman–Crippen LogP) is 3.59. The molecule has 9 heteroatoms. The molecular formula is C29H26N4O4S. The summed E-state index contributed by atoms with van der Waals surface area (Å²) in [5.74, 6) is 0.717. The number of para-hydroxylation sites is 1. The van der Waals surface area contributed by atoms with E-state index >= 15 is 0 Å². The Morgan fingerprint density at radius 1 is 1.03 bits per heavy atom. The van der Waals surface area contributed by atoms with Crippen LogP contribution in [-0.4, -0.2) is 29.7 Å². The zero-order valence-electron chi connectivity index (χ0n) is 21.4. The number of fused-ring (bicyclic) bond motifs is 1. The monoisotopic (exact) mass is 526 g/mol. The summed E-state index contributed by atoms with van der Waals surface area (Å²) in [6.45, 7) is 3.72. The van der Waals surface area contributed by atoms with Gasteiger partial charge in [-0.15, -0.1) is 0 Å². The first kappa shape index (κ1) is 25.2. The number of carbonyl (C=O) groups is 1. The number of benzene rings is 2. The fourth-order valence-electron chi connectivity index (χ4n) is 4.46. The molecule has 1 N–H and O–H groups in total. The second-order valence-corrected chi connectivity index (χ2v) is 9.75. The normalized spacial score (nSPS) is 15.1. The minimum Gasteiger partial charge on any atom is -0.493 e. The largest absolute Gasteiger partial charge is 0.493 e. The lowest BCUT2D eigenvalue weighted by Crippen LogP contribution is -2.40. The van der Waals surface area contributed by atoms with Crippen LogP contribution in [0.5, 0.6) is 11.5 Å². The number of methoxy groups -OCH3 is 2. The molecule has 0 saturated heterocycles. The van der Waals surface area contributed by atoms with E-state index in [2.05, 4.69) is 10.3 Å². The molecule has 0 aliphatic carbocycles. The lowest BCUT2D eigenvalue weighted by Gasteiger charge is -2.26. The number of aromatic nitrogens is 2. The molecule has 0 bridgehead atoms. The number of nitrogens with zero attached hydrogens (tertiary/aromatic N) is 3. The number of ether oxygens (including phenoxy) is 2. The molecule has 2 aromatic heterocycles. The van der Waals surface area contributed by atoms with Gasteiger partial charge in [0.05, 0.1) is 36.1 Å². The Bertz CT molecular complexity index is 1740. The lowest BCUT2D eigenvalue weighted by molar-refractivity contribution is -0.113. The molecule has 0 fully saturated rings. The number of nitrogens with one attached hydrogen (secondary N) is 1. The smallest absolute Gasteiger partial charge is 0.271 e. The molecular weight excluding hydrogens is 500 g/mol. The van der Waals surface area contributed by atoms with Crippen molar-refractivity contribution < 1.29 is 14.3 Å². The molecule has 1 amide bonds. The molecule has 2 aromatic carbocycles. The quantitative estimate of drug-likeness (QED) is 0.414. The van der Waals surface area contributed by atoms with Gasteiger partial charge in [0.1, 0.15) is 0 Å². The van der Waals surface area contributed by atoms with Crippen LogP contribution in [0.3, 0.4) is 0 Å². The highest BCUT2D eigenvalue weighted by Gasteiger charge is 2.33. The molecule has 192 valence electrons. The zero-order valence-corrected chi connectivity index (χ0v) is 22.2. The van der Waals surface area contributed by atoms with Crippen molar-refractivity contribution in [3.05, 3.63) is 115 Å².